The Kier molecular flexibility index (Phi) is 5.97. The van der Waals surface area contributed by atoms with Crippen molar-refractivity contribution in [1.29, 1.82) is 0 Å². The number of nitrogens with one attached hydrogen (secondary N) is 2. The molecule has 33 heavy (non-hydrogen) atoms. The van der Waals surface area contributed by atoms with Crippen molar-refractivity contribution in [3.8, 4) is 0 Å². The van der Waals surface area contributed by atoms with Gasteiger partial charge in [0.25, 0.3) is 5.92 Å². The maximum absolute atomic E-state index is 13.2. The number of para-hydroxylation sites is 1. The van der Waals surface area contributed by atoms with Gasteiger partial charge >= 0.3 is 0 Å². The van der Waals surface area contributed by atoms with Gasteiger partial charge in [-0.2, -0.15) is 0 Å². The van der Waals surface area contributed by atoms with Crippen LogP contribution in [0.5, 0.6) is 0 Å². The molecule has 0 amide bonds. The zero-order valence-electron chi connectivity index (χ0n) is 19.2. The lowest BCUT2D eigenvalue weighted by atomic mass is 9.92. The summed E-state index contributed by atoms with van der Waals surface area (Å²) in [7, 11) is 0. The Morgan fingerprint density at radius 3 is 2.64 bits per heavy atom. The third kappa shape index (κ3) is 4.68. The van der Waals surface area contributed by atoms with E-state index in [1.807, 2.05) is 6.08 Å². The molecule has 4 nitrogen and oxygen atoms in total. The molecule has 0 saturated carbocycles. The molecule has 2 aromatic carbocycles. The first-order valence-electron chi connectivity index (χ1n) is 11.8. The van der Waals surface area contributed by atoms with Gasteiger partial charge in [0.15, 0.2) is 0 Å². The van der Waals surface area contributed by atoms with Gasteiger partial charge in [0.05, 0.1) is 18.6 Å². The average Bonchev–Trinajstić information content (AvgIpc) is 3.14. The van der Waals surface area contributed by atoms with Gasteiger partial charge < -0.3 is 10.3 Å². The van der Waals surface area contributed by atoms with E-state index in [4.69, 9.17) is 0 Å². The summed E-state index contributed by atoms with van der Waals surface area (Å²) in [5.41, 5.74) is 6.22. The molecule has 0 spiro atoms. The van der Waals surface area contributed by atoms with Crippen LogP contribution in [0.4, 0.5) is 14.5 Å². The van der Waals surface area contributed by atoms with Crippen LogP contribution in [-0.2, 0) is 6.42 Å². The first-order valence-corrected chi connectivity index (χ1v) is 11.8. The van der Waals surface area contributed by atoms with Crippen LogP contribution in [0.25, 0.3) is 10.9 Å². The molecule has 6 heteroatoms. The number of fused-ring (bicyclic) bond motifs is 3. The molecule has 1 aromatic heterocycles. The topological polar surface area (TPSA) is 34.3 Å². The van der Waals surface area contributed by atoms with E-state index in [1.54, 1.807) is 4.90 Å². The van der Waals surface area contributed by atoms with E-state index in [9.17, 15) is 8.78 Å². The molecule has 2 N–H and O–H groups in total. The minimum atomic E-state index is -2.63. The highest BCUT2D eigenvalue weighted by Crippen LogP contribution is 2.38. The second-order valence-corrected chi connectivity index (χ2v) is 9.56. The molecule has 1 atom stereocenters. The Bertz CT molecular complexity index is 1110. The van der Waals surface area contributed by atoms with Gasteiger partial charge in [0.1, 0.15) is 0 Å². The quantitative estimate of drug-likeness (QED) is 0.448. The summed E-state index contributed by atoms with van der Waals surface area (Å²) in [5, 5.41) is 4.81. The van der Waals surface area contributed by atoms with Crippen molar-refractivity contribution < 1.29 is 8.78 Å². The number of hydrogen-bond acceptors (Lipinski definition) is 3. The van der Waals surface area contributed by atoms with Crippen LogP contribution in [0.3, 0.4) is 0 Å². The predicted molar refractivity (Wildman–Crippen MR) is 131 cm³/mol. The Morgan fingerprint density at radius 1 is 1.15 bits per heavy atom. The van der Waals surface area contributed by atoms with Gasteiger partial charge in [0.2, 0.25) is 0 Å². The van der Waals surface area contributed by atoms with Crippen LogP contribution < -0.4 is 5.32 Å². The van der Waals surface area contributed by atoms with Gasteiger partial charge in [-0.3, -0.25) is 9.80 Å². The lowest BCUT2D eigenvalue weighted by molar-refractivity contribution is -0.0327. The van der Waals surface area contributed by atoms with Crippen molar-refractivity contribution in [2.45, 2.75) is 37.8 Å². The summed E-state index contributed by atoms with van der Waals surface area (Å²) in [6.45, 7) is 8.03. The smallest absolute Gasteiger partial charge is 0.257 e. The Hall–Kier alpha value is -2.70. The molecule has 174 valence electrons. The zero-order chi connectivity index (χ0) is 23.0. The van der Waals surface area contributed by atoms with Crippen molar-refractivity contribution in [2.75, 3.05) is 38.0 Å². The SMILES string of the molecule is C=CCCN1CCc2c([nH]c3ccccc23)[C@H]1c1ccc(NC2CN(CC(C)(F)F)C2)cc1. The maximum atomic E-state index is 13.2. The molecule has 3 heterocycles. The largest absolute Gasteiger partial charge is 0.380 e. The van der Waals surface area contributed by atoms with Crippen molar-refractivity contribution in [3.63, 3.8) is 0 Å². The summed E-state index contributed by atoms with van der Waals surface area (Å²) in [4.78, 5) is 8.04. The second-order valence-electron chi connectivity index (χ2n) is 9.56. The van der Waals surface area contributed by atoms with Gasteiger partial charge in [0, 0.05) is 55.4 Å². The molecular formula is C27H32F2N4. The van der Waals surface area contributed by atoms with E-state index < -0.39 is 5.92 Å². The fourth-order valence-electron chi connectivity index (χ4n) is 5.35. The number of H-pyrrole nitrogens is 1. The monoisotopic (exact) mass is 450 g/mol. The predicted octanol–water partition coefficient (Wildman–Crippen LogP) is 5.44. The van der Waals surface area contributed by atoms with Gasteiger partial charge in [-0.05, 0) is 42.2 Å². The number of halogens is 2. The molecule has 0 radical (unpaired) electrons. The van der Waals surface area contributed by atoms with E-state index in [0.29, 0.717) is 13.1 Å². The molecule has 1 saturated heterocycles. The molecule has 0 bridgehead atoms. The van der Waals surface area contributed by atoms with Crippen LogP contribution in [0.15, 0.2) is 61.2 Å². The van der Waals surface area contributed by atoms with E-state index in [0.717, 1.165) is 38.5 Å². The van der Waals surface area contributed by atoms with Crippen LogP contribution in [0.1, 0.15) is 36.2 Å². The van der Waals surface area contributed by atoms with Crippen LogP contribution in [0, 0.1) is 0 Å². The number of hydrogen-bond donors (Lipinski definition) is 2. The highest BCUT2D eigenvalue weighted by atomic mass is 19.3. The van der Waals surface area contributed by atoms with Gasteiger partial charge in [-0.25, -0.2) is 8.78 Å². The van der Waals surface area contributed by atoms with Gasteiger partial charge in [-0.1, -0.05) is 36.4 Å². The number of likely N-dealkylation sites (tertiary alicyclic amines) is 1. The van der Waals surface area contributed by atoms with E-state index >= 15 is 0 Å². The summed E-state index contributed by atoms with van der Waals surface area (Å²) in [5.74, 6) is -2.63. The highest BCUT2D eigenvalue weighted by molar-refractivity contribution is 5.85. The third-order valence-corrected chi connectivity index (χ3v) is 6.81. The normalized spacial score (nSPS) is 19.9. The standard InChI is InChI=1S/C27H32F2N4/c1-3-4-14-33-15-13-23-22-7-5-6-8-24(22)31-25(23)26(33)19-9-11-20(12-10-19)30-21-16-32(17-21)18-27(2,28)29/h3,5-12,21,26,30-31H,1,4,13-18H2,2H3/t26-/m1/s1. The van der Waals surface area contributed by atoms with Crippen molar-refractivity contribution in [1.82, 2.24) is 14.8 Å². The second kappa shape index (κ2) is 8.92. The Balaban J connectivity index is 1.34. The van der Waals surface area contributed by atoms with Crippen LogP contribution in [-0.4, -0.2) is 59.5 Å². The van der Waals surface area contributed by atoms with E-state index in [1.165, 1.54) is 27.7 Å². The van der Waals surface area contributed by atoms with E-state index in [2.05, 4.69) is 70.3 Å². The van der Waals surface area contributed by atoms with Crippen molar-refractivity contribution in [3.05, 3.63) is 78.0 Å². The summed E-state index contributed by atoms with van der Waals surface area (Å²) < 4.78 is 26.4. The number of rotatable bonds is 8. The number of anilines is 1. The first-order chi connectivity index (χ1) is 15.9. The minimum absolute atomic E-state index is 0.167. The van der Waals surface area contributed by atoms with E-state index in [-0.39, 0.29) is 18.6 Å². The van der Waals surface area contributed by atoms with Gasteiger partial charge in [-0.15, -0.1) is 6.58 Å². The highest BCUT2D eigenvalue weighted by Gasteiger charge is 2.34. The number of alkyl halides is 2. The summed E-state index contributed by atoms with van der Waals surface area (Å²) in [6, 6.07) is 17.6. The summed E-state index contributed by atoms with van der Waals surface area (Å²) >= 11 is 0. The van der Waals surface area contributed by atoms with Crippen molar-refractivity contribution in [2.24, 2.45) is 0 Å². The molecule has 3 aromatic rings. The van der Waals surface area contributed by atoms with Crippen LogP contribution >= 0.6 is 0 Å². The molecule has 0 aliphatic carbocycles. The number of aromatic amines is 1. The molecule has 5 rings (SSSR count). The maximum Gasteiger partial charge on any atom is 0.257 e. The van der Waals surface area contributed by atoms with Crippen molar-refractivity contribution >= 4 is 16.6 Å². The Morgan fingerprint density at radius 2 is 1.91 bits per heavy atom. The summed E-state index contributed by atoms with van der Waals surface area (Å²) in [6.07, 6.45) is 3.99. The number of benzene rings is 2. The fraction of sp³-hybridized carbons (Fsp3) is 0.407. The van der Waals surface area contributed by atoms with Crippen LogP contribution in [0.2, 0.25) is 0 Å². The molecular weight excluding hydrogens is 418 g/mol. The lowest BCUT2D eigenvalue weighted by Gasteiger charge is -2.41. The Labute approximate surface area is 194 Å². The number of nitrogens with zero attached hydrogens (tertiary/aromatic N) is 2. The molecule has 1 fully saturated rings. The molecule has 0 unspecified atom stereocenters. The molecule has 2 aliphatic rings. The minimum Gasteiger partial charge on any atom is -0.380 e. The molecule has 2 aliphatic heterocycles. The third-order valence-electron chi connectivity index (χ3n) is 6.81. The zero-order valence-corrected chi connectivity index (χ0v) is 19.2. The first kappa shape index (κ1) is 22.1. The fourth-order valence-corrected chi connectivity index (χ4v) is 5.35. The average molecular weight is 451 g/mol. The lowest BCUT2D eigenvalue weighted by Crippen LogP contribution is -2.57. The number of aromatic nitrogens is 1.